The van der Waals surface area contributed by atoms with Crippen molar-refractivity contribution in [3.05, 3.63) is 60.2 Å². The number of hydrogen-bond donors (Lipinski definition) is 0. The summed E-state index contributed by atoms with van der Waals surface area (Å²) in [4.78, 5) is 11.8. The van der Waals surface area contributed by atoms with Gasteiger partial charge in [-0.15, -0.1) is 0 Å². The first-order valence-corrected chi connectivity index (χ1v) is 7.72. The van der Waals surface area contributed by atoms with E-state index in [0.29, 0.717) is 0 Å². The average Bonchev–Trinajstić information content (AvgIpc) is 2.88. The van der Waals surface area contributed by atoms with E-state index in [1.807, 2.05) is 18.2 Å². The van der Waals surface area contributed by atoms with Crippen LogP contribution in [0.25, 0.3) is 22.2 Å². The van der Waals surface area contributed by atoms with Crippen LogP contribution in [-0.2, 0) is 4.79 Å². The molecule has 1 aromatic heterocycles. The summed E-state index contributed by atoms with van der Waals surface area (Å²) in [6.45, 7) is 0. The van der Waals surface area contributed by atoms with Gasteiger partial charge in [0.25, 0.3) is 0 Å². The fraction of sp³-hybridized carbons (Fsp3) is 0.118. The number of benzene rings is 2. The first-order valence-electron chi connectivity index (χ1n) is 6.64. The number of carbonyl (C=O) groups is 1. The van der Waals surface area contributed by atoms with E-state index in [9.17, 15) is 4.79 Å². The molecule has 4 rings (SSSR count). The molecule has 3 aromatic rings. The van der Waals surface area contributed by atoms with Crippen molar-refractivity contribution in [2.24, 2.45) is 0 Å². The minimum atomic E-state index is -0.153. The van der Waals surface area contributed by atoms with Gasteiger partial charge in [0.1, 0.15) is 0 Å². The molecule has 0 amide bonds. The van der Waals surface area contributed by atoms with Crippen LogP contribution in [-0.4, -0.2) is 26.9 Å². The molecular formula is C17H13NOSe. The Morgan fingerprint density at radius 3 is 2.65 bits per heavy atom. The molecule has 0 aliphatic carbocycles. The second kappa shape index (κ2) is 4.34. The maximum absolute atomic E-state index is 11.7. The number of nitrogens with zero attached hydrogens (tertiary/aromatic N) is 1. The van der Waals surface area contributed by atoms with Gasteiger partial charge in [0, 0.05) is 0 Å². The zero-order chi connectivity index (χ0) is 13.7. The summed E-state index contributed by atoms with van der Waals surface area (Å²) in [5.41, 5.74) is 4.73. The molecule has 3 heteroatoms. The Balaban J connectivity index is 2.14. The second-order valence-electron chi connectivity index (χ2n) is 5.12. The number of carbonyl (C=O) groups excluding carboxylic acids is 1. The molecule has 20 heavy (non-hydrogen) atoms. The molecule has 2 aromatic carbocycles. The monoisotopic (exact) mass is 327 g/mol. The predicted octanol–water partition coefficient (Wildman–Crippen LogP) is 3.00. The van der Waals surface area contributed by atoms with E-state index in [4.69, 9.17) is 0 Å². The molecule has 0 N–H and O–H groups in total. The number of hydrogen-bond acceptors (Lipinski definition) is 1. The Hall–Kier alpha value is -1.83. The number of aldehydes is 1. The van der Waals surface area contributed by atoms with Gasteiger partial charge >= 0.3 is 125 Å². The van der Waals surface area contributed by atoms with Crippen LogP contribution in [0.15, 0.2) is 54.6 Å². The van der Waals surface area contributed by atoms with Crippen molar-refractivity contribution in [2.45, 2.75) is 10.9 Å². The summed E-state index contributed by atoms with van der Waals surface area (Å²) in [7, 11) is 0. The molecule has 98 valence electrons. The molecule has 2 nitrogen and oxygen atoms in total. The molecule has 0 bridgehead atoms. The first-order chi connectivity index (χ1) is 9.81. The Morgan fingerprint density at radius 1 is 1.05 bits per heavy atom. The molecule has 1 aliphatic heterocycles. The van der Waals surface area contributed by atoms with Crippen LogP contribution in [0.1, 0.15) is 16.4 Å². The Morgan fingerprint density at radius 2 is 1.80 bits per heavy atom. The van der Waals surface area contributed by atoms with Crippen LogP contribution in [0.2, 0.25) is 0 Å². The summed E-state index contributed by atoms with van der Waals surface area (Å²) < 4.78 is 2.17. The van der Waals surface area contributed by atoms with Crippen LogP contribution in [0.4, 0.5) is 0 Å². The van der Waals surface area contributed by atoms with E-state index in [1.54, 1.807) is 0 Å². The van der Waals surface area contributed by atoms with Gasteiger partial charge in [-0.05, 0) is 0 Å². The second-order valence-corrected chi connectivity index (χ2v) is 6.28. The van der Waals surface area contributed by atoms with Crippen molar-refractivity contribution in [2.75, 3.05) is 0 Å². The topological polar surface area (TPSA) is 22.0 Å². The molecule has 0 fully saturated rings. The van der Waals surface area contributed by atoms with Crippen LogP contribution < -0.4 is 0 Å². The van der Waals surface area contributed by atoms with Gasteiger partial charge in [0.2, 0.25) is 0 Å². The quantitative estimate of drug-likeness (QED) is 0.498. The normalized spacial score (nSPS) is 20.4. The van der Waals surface area contributed by atoms with Gasteiger partial charge in [-0.25, -0.2) is 0 Å². The molecule has 2 atom stereocenters. The molecule has 0 radical (unpaired) electrons. The third-order valence-corrected chi connectivity index (χ3v) is 5.29. The summed E-state index contributed by atoms with van der Waals surface area (Å²) in [5.74, 6) is 0. The summed E-state index contributed by atoms with van der Waals surface area (Å²) in [6.07, 6.45) is 1.06. The van der Waals surface area contributed by atoms with E-state index in [-0.39, 0.29) is 10.9 Å². The van der Waals surface area contributed by atoms with Crippen LogP contribution in [0.5, 0.6) is 0 Å². The van der Waals surface area contributed by atoms with Crippen molar-refractivity contribution in [3.63, 3.8) is 0 Å². The Labute approximate surface area is 125 Å². The standard InChI is InChI=1S/C17H13NOSe/c19-10-16-17(20)13-7-3-2-6-12(13)15-9-11-5-1-4-8-14(11)18(15)16/h1-10,16-17,20H. The Kier molecular flexibility index (Phi) is 2.59. The molecule has 1 aliphatic rings. The Bertz CT molecular complexity index is 821. The van der Waals surface area contributed by atoms with Crippen LogP contribution in [0.3, 0.4) is 0 Å². The SMILES string of the molecule is O=CC1C([SeH])c2ccccc2-c2cc3ccccc3n21. The van der Waals surface area contributed by atoms with Crippen molar-refractivity contribution >= 4 is 33.2 Å². The van der Waals surface area contributed by atoms with E-state index in [2.05, 4.69) is 57.0 Å². The first kappa shape index (κ1) is 12.0. The van der Waals surface area contributed by atoms with E-state index < -0.39 is 0 Å². The fourth-order valence-electron chi connectivity index (χ4n) is 3.15. The zero-order valence-corrected chi connectivity index (χ0v) is 12.6. The van der Waals surface area contributed by atoms with Crippen LogP contribution in [0, 0.1) is 0 Å². The van der Waals surface area contributed by atoms with E-state index in [0.717, 1.165) is 17.5 Å². The van der Waals surface area contributed by atoms with Gasteiger partial charge < -0.3 is 0 Å². The van der Waals surface area contributed by atoms with Crippen molar-refractivity contribution in [3.8, 4) is 11.3 Å². The van der Waals surface area contributed by atoms with Gasteiger partial charge in [-0.1, -0.05) is 0 Å². The van der Waals surface area contributed by atoms with Gasteiger partial charge in [-0.2, -0.15) is 0 Å². The molecule has 0 saturated heterocycles. The van der Waals surface area contributed by atoms with Gasteiger partial charge in [0.05, 0.1) is 0 Å². The van der Waals surface area contributed by atoms with Crippen LogP contribution >= 0.6 is 0 Å². The number of fused-ring (bicyclic) bond motifs is 5. The number of aromatic nitrogens is 1. The van der Waals surface area contributed by atoms with Gasteiger partial charge in [-0.3, -0.25) is 0 Å². The van der Waals surface area contributed by atoms with E-state index >= 15 is 0 Å². The molecule has 0 saturated carbocycles. The summed E-state index contributed by atoms with van der Waals surface area (Å²) >= 11 is 2.66. The number of rotatable bonds is 1. The molecule has 0 spiro atoms. The van der Waals surface area contributed by atoms with Crippen molar-refractivity contribution in [1.29, 1.82) is 0 Å². The average molecular weight is 326 g/mol. The molecule has 2 unspecified atom stereocenters. The molecule has 2 heterocycles. The maximum atomic E-state index is 11.7. The van der Waals surface area contributed by atoms with Crippen molar-refractivity contribution < 1.29 is 4.79 Å². The zero-order valence-electron chi connectivity index (χ0n) is 10.7. The molecular weight excluding hydrogens is 313 g/mol. The fourth-order valence-corrected chi connectivity index (χ4v) is 4.05. The minimum absolute atomic E-state index is 0.138. The van der Waals surface area contributed by atoms with E-state index in [1.165, 1.54) is 16.5 Å². The summed E-state index contributed by atoms with van der Waals surface area (Å²) in [6, 6.07) is 18.6. The third-order valence-electron chi connectivity index (χ3n) is 4.06. The van der Waals surface area contributed by atoms with Gasteiger partial charge in [0.15, 0.2) is 0 Å². The summed E-state index contributed by atoms with van der Waals surface area (Å²) in [5, 5.41) is 1.19. The predicted molar refractivity (Wildman–Crippen MR) is 82.4 cm³/mol. The van der Waals surface area contributed by atoms with Crippen molar-refractivity contribution in [1.82, 2.24) is 4.57 Å². The number of para-hydroxylation sites is 1. The third kappa shape index (κ3) is 1.48.